The van der Waals surface area contributed by atoms with Gasteiger partial charge in [-0.15, -0.1) is 6.42 Å². The molecule has 0 saturated heterocycles. The number of aromatic nitrogens is 2. The number of anilines is 1. The first-order chi connectivity index (χ1) is 12.9. The molecule has 0 bridgehead atoms. The maximum Gasteiger partial charge on any atom is 0.276 e. The largest absolute Gasteiger partial charge is 0.479 e. The van der Waals surface area contributed by atoms with Crippen molar-refractivity contribution in [1.29, 1.82) is 0 Å². The SMILES string of the molecule is C#CCN1C(=O)[C@@H](C)Oc2cc(F)c(-c3c(Cl)n4n(c3=O)CCCC4)cc21. The van der Waals surface area contributed by atoms with Crippen molar-refractivity contribution in [2.45, 2.75) is 39.0 Å². The number of fused-ring (bicyclic) bond motifs is 2. The van der Waals surface area contributed by atoms with Crippen LogP contribution in [0.25, 0.3) is 11.1 Å². The molecular formula is C19H17ClFN3O3. The Morgan fingerprint density at radius 1 is 1.30 bits per heavy atom. The number of amides is 1. The van der Waals surface area contributed by atoms with Gasteiger partial charge < -0.3 is 4.74 Å². The third-order valence-electron chi connectivity index (χ3n) is 4.94. The van der Waals surface area contributed by atoms with Gasteiger partial charge in [-0.25, -0.2) is 9.07 Å². The minimum absolute atomic E-state index is 0.0174. The summed E-state index contributed by atoms with van der Waals surface area (Å²) in [5.74, 6) is 1.67. The molecule has 0 saturated carbocycles. The van der Waals surface area contributed by atoms with E-state index < -0.39 is 11.9 Å². The van der Waals surface area contributed by atoms with Gasteiger partial charge in [0.15, 0.2) is 6.10 Å². The molecule has 0 unspecified atom stereocenters. The molecule has 140 valence electrons. The molecule has 0 fully saturated rings. The summed E-state index contributed by atoms with van der Waals surface area (Å²) in [6, 6.07) is 2.59. The Morgan fingerprint density at radius 3 is 2.67 bits per heavy atom. The summed E-state index contributed by atoms with van der Waals surface area (Å²) in [5.41, 5.74) is 0.104. The van der Waals surface area contributed by atoms with E-state index in [1.807, 2.05) is 0 Å². The summed E-state index contributed by atoms with van der Waals surface area (Å²) in [4.78, 5) is 26.6. The Labute approximate surface area is 160 Å². The molecule has 6 nitrogen and oxygen atoms in total. The molecule has 4 rings (SSSR count). The standard InChI is InChI=1S/C19H17ClFN3O3/c1-3-6-22-14-9-12(13(21)10-15(14)27-11(2)18(22)25)16-17(20)23-7-4-5-8-24(23)19(16)26/h1,9-11H,4-8H2,2H3/t11-/m1/s1. The zero-order chi connectivity index (χ0) is 19.3. The fraction of sp³-hybridized carbons (Fsp3) is 0.368. The van der Waals surface area contributed by atoms with Crippen LogP contribution in [0.3, 0.4) is 0 Å². The molecule has 1 amide bonds. The van der Waals surface area contributed by atoms with Crippen LogP contribution in [0.4, 0.5) is 10.1 Å². The van der Waals surface area contributed by atoms with Crippen LogP contribution in [0.2, 0.25) is 5.15 Å². The molecule has 2 aliphatic rings. The topological polar surface area (TPSA) is 56.5 Å². The van der Waals surface area contributed by atoms with Crippen molar-refractivity contribution < 1.29 is 13.9 Å². The molecule has 2 aromatic rings. The van der Waals surface area contributed by atoms with Gasteiger partial charge in [-0.05, 0) is 25.8 Å². The van der Waals surface area contributed by atoms with Gasteiger partial charge in [0.2, 0.25) is 0 Å². The summed E-state index contributed by atoms with van der Waals surface area (Å²) < 4.78 is 23.6. The van der Waals surface area contributed by atoms with Crippen molar-refractivity contribution in [3.8, 4) is 29.2 Å². The lowest BCUT2D eigenvalue weighted by molar-refractivity contribution is -0.125. The van der Waals surface area contributed by atoms with E-state index in [9.17, 15) is 14.0 Å². The molecule has 1 atom stereocenters. The zero-order valence-corrected chi connectivity index (χ0v) is 15.4. The van der Waals surface area contributed by atoms with Crippen LogP contribution in [0, 0.1) is 18.2 Å². The van der Waals surface area contributed by atoms with Gasteiger partial charge in [0.1, 0.15) is 16.7 Å². The molecule has 0 aliphatic carbocycles. The Bertz CT molecular complexity index is 1050. The second-order valence-corrected chi connectivity index (χ2v) is 6.97. The second kappa shape index (κ2) is 6.46. The Kier molecular flexibility index (Phi) is 4.23. The highest BCUT2D eigenvalue weighted by atomic mass is 35.5. The molecule has 2 aliphatic heterocycles. The molecule has 1 aromatic heterocycles. The van der Waals surface area contributed by atoms with Gasteiger partial charge in [0, 0.05) is 24.7 Å². The first-order valence-corrected chi connectivity index (χ1v) is 9.06. The van der Waals surface area contributed by atoms with Crippen molar-refractivity contribution in [2.75, 3.05) is 11.4 Å². The van der Waals surface area contributed by atoms with Crippen LogP contribution < -0.4 is 15.2 Å². The second-order valence-electron chi connectivity index (χ2n) is 6.61. The molecule has 3 heterocycles. The van der Waals surface area contributed by atoms with E-state index in [1.165, 1.54) is 21.7 Å². The highest BCUT2D eigenvalue weighted by Gasteiger charge is 2.33. The number of nitrogens with zero attached hydrogens (tertiary/aromatic N) is 3. The summed E-state index contributed by atoms with van der Waals surface area (Å²) in [5, 5.41) is 0.193. The summed E-state index contributed by atoms with van der Waals surface area (Å²) >= 11 is 6.42. The number of terminal acetylenes is 1. The average Bonchev–Trinajstić information content (AvgIpc) is 2.90. The van der Waals surface area contributed by atoms with Crippen molar-refractivity contribution in [3.63, 3.8) is 0 Å². The summed E-state index contributed by atoms with van der Waals surface area (Å²) in [6.07, 6.45) is 6.37. The quantitative estimate of drug-likeness (QED) is 0.742. The molecule has 27 heavy (non-hydrogen) atoms. The first-order valence-electron chi connectivity index (χ1n) is 8.68. The fourth-order valence-electron chi connectivity index (χ4n) is 3.63. The van der Waals surface area contributed by atoms with Gasteiger partial charge in [0.05, 0.1) is 17.8 Å². The predicted octanol–water partition coefficient (Wildman–Crippen LogP) is 2.65. The van der Waals surface area contributed by atoms with E-state index in [-0.39, 0.29) is 40.0 Å². The fourth-order valence-corrected chi connectivity index (χ4v) is 3.98. The summed E-state index contributed by atoms with van der Waals surface area (Å²) in [6.45, 7) is 2.73. The van der Waals surface area contributed by atoms with Crippen molar-refractivity contribution in [1.82, 2.24) is 9.36 Å². The molecule has 0 spiro atoms. The number of hydrogen-bond donors (Lipinski definition) is 0. The third-order valence-corrected chi connectivity index (χ3v) is 5.32. The lowest BCUT2D eigenvalue weighted by Gasteiger charge is -2.32. The maximum absolute atomic E-state index is 14.9. The van der Waals surface area contributed by atoms with Gasteiger partial charge >= 0.3 is 0 Å². The highest BCUT2D eigenvalue weighted by Crippen LogP contribution is 2.40. The van der Waals surface area contributed by atoms with Crippen molar-refractivity contribution in [2.24, 2.45) is 0 Å². The maximum atomic E-state index is 14.9. The number of carbonyl (C=O) groups excluding carboxylic acids is 1. The number of halogens is 2. The molecule has 0 radical (unpaired) electrons. The zero-order valence-electron chi connectivity index (χ0n) is 14.7. The van der Waals surface area contributed by atoms with Gasteiger partial charge in [-0.2, -0.15) is 0 Å². The van der Waals surface area contributed by atoms with E-state index in [4.69, 9.17) is 22.8 Å². The monoisotopic (exact) mass is 389 g/mol. The van der Waals surface area contributed by atoms with E-state index in [0.717, 1.165) is 12.8 Å². The smallest absolute Gasteiger partial charge is 0.276 e. The van der Waals surface area contributed by atoms with Gasteiger partial charge in [-0.3, -0.25) is 19.2 Å². The van der Waals surface area contributed by atoms with Gasteiger partial charge in [0.25, 0.3) is 11.5 Å². The number of rotatable bonds is 2. The number of benzene rings is 1. The molecular weight excluding hydrogens is 373 g/mol. The van der Waals surface area contributed by atoms with Crippen LogP contribution in [0.5, 0.6) is 5.75 Å². The lowest BCUT2D eigenvalue weighted by atomic mass is 10.0. The number of hydrogen-bond acceptors (Lipinski definition) is 3. The molecule has 8 heteroatoms. The van der Waals surface area contributed by atoms with E-state index >= 15 is 0 Å². The van der Waals surface area contributed by atoms with Crippen LogP contribution in [-0.2, 0) is 17.9 Å². The normalized spacial score (nSPS) is 18.5. The van der Waals surface area contributed by atoms with E-state index in [1.54, 1.807) is 11.6 Å². The Hall–Kier alpha value is -2.72. The molecule has 0 N–H and O–H groups in total. The van der Waals surface area contributed by atoms with E-state index in [0.29, 0.717) is 18.8 Å². The average molecular weight is 390 g/mol. The van der Waals surface area contributed by atoms with E-state index in [2.05, 4.69) is 5.92 Å². The van der Waals surface area contributed by atoms with Crippen molar-refractivity contribution in [3.05, 3.63) is 33.5 Å². The van der Waals surface area contributed by atoms with Crippen LogP contribution in [-0.4, -0.2) is 27.9 Å². The number of carbonyl (C=O) groups is 1. The minimum Gasteiger partial charge on any atom is -0.479 e. The first kappa shape index (κ1) is 17.7. The van der Waals surface area contributed by atoms with Crippen molar-refractivity contribution >= 4 is 23.2 Å². The minimum atomic E-state index is -0.771. The predicted molar refractivity (Wildman–Crippen MR) is 99.6 cm³/mol. The van der Waals surface area contributed by atoms with Crippen LogP contribution in [0.15, 0.2) is 16.9 Å². The number of ether oxygens (including phenoxy) is 1. The molecule has 1 aromatic carbocycles. The van der Waals surface area contributed by atoms with Crippen LogP contribution in [0.1, 0.15) is 19.8 Å². The highest BCUT2D eigenvalue weighted by molar-refractivity contribution is 6.32. The Morgan fingerprint density at radius 2 is 2.00 bits per heavy atom. The third kappa shape index (κ3) is 2.63. The van der Waals surface area contributed by atoms with Gasteiger partial charge in [-0.1, -0.05) is 17.5 Å². The lowest BCUT2D eigenvalue weighted by Crippen LogP contribution is -2.44. The Balaban J connectivity index is 1.92. The van der Waals surface area contributed by atoms with Crippen LogP contribution >= 0.6 is 11.6 Å². The summed E-state index contributed by atoms with van der Waals surface area (Å²) in [7, 11) is 0.